The summed E-state index contributed by atoms with van der Waals surface area (Å²) in [7, 11) is -2.08. The molecule has 164 valence electrons. The number of nitrogens with zero attached hydrogens (tertiary/aromatic N) is 1. The van der Waals surface area contributed by atoms with E-state index in [0.29, 0.717) is 11.4 Å². The van der Waals surface area contributed by atoms with Gasteiger partial charge in [0.15, 0.2) is 0 Å². The third kappa shape index (κ3) is 6.13. The molecule has 0 aliphatic rings. The van der Waals surface area contributed by atoms with Crippen molar-refractivity contribution in [1.82, 2.24) is 5.32 Å². The largest absolute Gasteiger partial charge is 0.497 e. The minimum Gasteiger partial charge on any atom is -0.497 e. The van der Waals surface area contributed by atoms with Crippen molar-refractivity contribution in [3.8, 4) is 11.5 Å². The summed E-state index contributed by atoms with van der Waals surface area (Å²) in [5.74, 6) is 0.982. The number of rotatable bonds is 9. The molecule has 30 heavy (non-hydrogen) atoms. The Bertz CT molecular complexity index is 974. The lowest BCUT2D eigenvalue weighted by Gasteiger charge is -2.30. The maximum Gasteiger partial charge on any atom is 0.243 e. The first-order chi connectivity index (χ1) is 14.0. The number of hydrogen-bond acceptors (Lipinski definition) is 5. The number of methoxy groups -OCH3 is 1. The van der Waals surface area contributed by atoms with Gasteiger partial charge in [-0.1, -0.05) is 12.1 Å². The molecule has 0 fully saturated rings. The zero-order valence-corrected chi connectivity index (χ0v) is 19.1. The molecule has 0 saturated heterocycles. The summed E-state index contributed by atoms with van der Waals surface area (Å²) in [5.41, 5.74) is 2.20. The molecule has 2 aromatic rings. The van der Waals surface area contributed by atoms with Crippen LogP contribution in [0.25, 0.3) is 0 Å². The number of benzene rings is 2. The Kier molecular flexibility index (Phi) is 7.72. The Morgan fingerprint density at radius 3 is 2.23 bits per heavy atom. The smallest absolute Gasteiger partial charge is 0.243 e. The van der Waals surface area contributed by atoms with E-state index in [4.69, 9.17) is 9.47 Å². The standard InChI is InChI=1S/C22H30N2O5S/c1-15-7-8-16(2)21(13-15)24(30(6,26)27)18(4)22(25)23-17(3)14-29-20-11-9-19(28-5)10-12-20/h7-13,17-18H,14H2,1-6H3,(H,23,25)/t17-,18-/m1/s1. The molecule has 1 N–H and O–H groups in total. The first kappa shape index (κ1) is 23.5. The van der Waals surface area contributed by atoms with Gasteiger partial charge in [0.05, 0.1) is 25.1 Å². The van der Waals surface area contributed by atoms with Crippen LogP contribution in [0.15, 0.2) is 42.5 Å². The Hall–Kier alpha value is -2.74. The van der Waals surface area contributed by atoms with E-state index in [0.717, 1.165) is 23.1 Å². The zero-order valence-electron chi connectivity index (χ0n) is 18.3. The minimum atomic E-state index is -3.67. The molecule has 0 aromatic heterocycles. The van der Waals surface area contributed by atoms with Crippen molar-refractivity contribution < 1.29 is 22.7 Å². The molecule has 0 unspecified atom stereocenters. The normalized spacial score (nSPS) is 13.3. The summed E-state index contributed by atoms with van der Waals surface area (Å²) in [4.78, 5) is 12.8. The van der Waals surface area contributed by atoms with E-state index in [2.05, 4.69) is 5.32 Å². The molecular weight excluding hydrogens is 404 g/mol. The van der Waals surface area contributed by atoms with Crippen molar-refractivity contribution in [3.05, 3.63) is 53.6 Å². The summed E-state index contributed by atoms with van der Waals surface area (Å²) < 4.78 is 37.0. The predicted octanol–water partition coefficient (Wildman–Crippen LogP) is 3.05. The number of nitrogens with one attached hydrogen (secondary N) is 1. The first-order valence-electron chi connectivity index (χ1n) is 9.66. The number of hydrogen-bond donors (Lipinski definition) is 1. The second-order valence-electron chi connectivity index (χ2n) is 7.42. The van der Waals surface area contributed by atoms with Crippen LogP contribution in [0, 0.1) is 13.8 Å². The fourth-order valence-corrected chi connectivity index (χ4v) is 4.26. The quantitative estimate of drug-likeness (QED) is 0.656. The number of anilines is 1. The summed E-state index contributed by atoms with van der Waals surface area (Å²) in [6, 6.07) is 11.4. The Balaban J connectivity index is 2.08. The molecule has 2 rings (SSSR count). The fourth-order valence-electron chi connectivity index (χ4n) is 3.04. The van der Waals surface area contributed by atoms with E-state index >= 15 is 0 Å². The Labute approximate surface area is 179 Å². The highest BCUT2D eigenvalue weighted by molar-refractivity contribution is 7.92. The van der Waals surface area contributed by atoms with E-state index in [1.165, 1.54) is 4.31 Å². The lowest BCUT2D eigenvalue weighted by atomic mass is 10.1. The van der Waals surface area contributed by atoms with Crippen molar-refractivity contribution in [2.24, 2.45) is 0 Å². The van der Waals surface area contributed by atoms with Crippen molar-refractivity contribution in [2.45, 2.75) is 39.8 Å². The Morgan fingerprint density at radius 1 is 1.07 bits per heavy atom. The first-order valence-corrected chi connectivity index (χ1v) is 11.5. The van der Waals surface area contributed by atoms with Gasteiger partial charge in [-0.3, -0.25) is 9.10 Å². The average Bonchev–Trinajstić information content (AvgIpc) is 2.68. The molecule has 7 nitrogen and oxygen atoms in total. The van der Waals surface area contributed by atoms with Crippen molar-refractivity contribution in [3.63, 3.8) is 0 Å². The highest BCUT2D eigenvalue weighted by Gasteiger charge is 2.30. The van der Waals surface area contributed by atoms with Gasteiger partial charge in [-0.2, -0.15) is 0 Å². The molecule has 0 radical (unpaired) electrons. The van der Waals surface area contributed by atoms with Crippen LogP contribution in [-0.4, -0.2) is 46.4 Å². The molecule has 0 bridgehead atoms. The van der Waals surface area contributed by atoms with Crippen LogP contribution in [-0.2, 0) is 14.8 Å². The number of sulfonamides is 1. The van der Waals surface area contributed by atoms with Crippen LogP contribution in [0.2, 0.25) is 0 Å². The highest BCUT2D eigenvalue weighted by Crippen LogP contribution is 2.26. The molecular formula is C22H30N2O5S. The van der Waals surface area contributed by atoms with E-state index in [-0.39, 0.29) is 12.6 Å². The van der Waals surface area contributed by atoms with E-state index in [1.54, 1.807) is 51.3 Å². The maximum atomic E-state index is 12.8. The van der Waals surface area contributed by atoms with E-state index < -0.39 is 22.0 Å². The summed E-state index contributed by atoms with van der Waals surface area (Å²) in [6.07, 6.45) is 1.11. The van der Waals surface area contributed by atoms with Gasteiger partial charge in [0.1, 0.15) is 24.1 Å². The zero-order chi connectivity index (χ0) is 22.5. The molecule has 8 heteroatoms. The fraction of sp³-hybridized carbons (Fsp3) is 0.409. The van der Waals surface area contributed by atoms with Crippen molar-refractivity contribution in [2.75, 3.05) is 24.3 Å². The number of ether oxygens (including phenoxy) is 2. The van der Waals surface area contributed by atoms with E-state index in [1.807, 2.05) is 26.0 Å². The summed E-state index contributed by atoms with van der Waals surface area (Å²) >= 11 is 0. The molecule has 0 aliphatic heterocycles. The van der Waals surface area contributed by atoms with Crippen LogP contribution in [0.4, 0.5) is 5.69 Å². The molecule has 0 heterocycles. The molecule has 0 aliphatic carbocycles. The lowest BCUT2D eigenvalue weighted by Crippen LogP contribution is -2.51. The maximum absolute atomic E-state index is 12.8. The molecule has 0 spiro atoms. The van der Waals surface area contributed by atoms with Crippen LogP contribution in [0.5, 0.6) is 11.5 Å². The van der Waals surface area contributed by atoms with Gasteiger partial charge in [0.25, 0.3) is 0 Å². The summed E-state index contributed by atoms with van der Waals surface area (Å²) in [6.45, 7) is 7.33. The summed E-state index contributed by atoms with van der Waals surface area (Å²) in [5, 5.41) is 2.83. The van der Waals surface area contributed by atoms with Gasteiger partial charge in [0, 0.05) is 0 Å². The topological polar surface area (TPSA) is 84.9 Å². The number of amides is 1. The van der Waals surface area contributed by atoms with Crippen molar-refractivity contribution >= 4 is 21.6 Å². The van der Waals surface area contributed by atoms with Gasteiger partial charge in [-0.25, -0.2) is 8.42 Å². The lowest BCUT2D eigenvalue weighted by molar-refractivity contribution is -0.122. The minimum absolute atomic E-state index is 0.243. The van der Waals surface area contributed by atoms with Crippen molar-refractivity contribution in [1.29, 1.82) is 0 Å². The third-order valence-electron chi connectivity index (χ3n) is 4.64. The monoisotopic (exact) mass is 434 g/mol. The third-order valence-corrected chi connectivity index (χ3v) is 5.87. The SMILES string of the molecule is COc1ccc(OC[C@@H](C)NC(=O)[C@@H](C)N(c2cc(C)ccc2C)S(C)(=O)=O)cc1. The molecule has 1 amide bonds. The molecule has 2 atom stereocenters. The van der Waals surface area contributed by atoms with Gasteiger partial charge >= 0.3 is 0 Å². The highest BCUT2D eigenvalue weighted by atomic mass is 32.2. The molecule has 0 saturated carbocycles. The number of carbonyl (C=O) groups excluding carboxylic acids is 1. The number of aryl methyl sites for hydroxylation is 2. The second-order valence-corrected chi connectivity index (χ2v) is 9.28. The van der Waals surface area contributed by atoms with Gasteiger partial charge in [0.2, 0.25) is 15.9 Å². The van der Waals surface area contributed by atoms with Gasteiger partial charge < -0.3 is 14.8 Å². The predicted molar refractivity (Wildman–Crippen MR) is 119 cm³/mol. The number of carbonyl (C=O) groups is 1. The van der Waals surface area contributed by atoms with Crippen LogP contribution >= 0.6 is 0 Å². The Morgan fingerprint density at radius 2 is 1.67 bits per heavy atom. The van der Waals surface area contributed by atoms with Gasteiger partial charge in [-0.15, -0.1) is 0 Å². The van der Waals surface area contributed by atoms with Crippen LogP contribution in [0.1, 0.15) is 25.0 Å². The van der Waals surface area contributed by atoms with Crippen LogP contribution in [0.3, 0.4) is 0 Å². The van der Waals surface area contributed by atoms with Crippen LogP contribution < -0.4 is 19.1 Å². The second kappa shape index (κ2) is 9.84. The molecule has 2 aromatic carbocycles. The van der Waals surface area contributed by atoms with Gasteiger partial charge in [-0.05, 0) is 69.2 Å². The average molecular weight is 435 g/mol. The van der Waals surface area contributed by atoms with E-state index in [9.17, 15) is 13.2 Å².